The molecule has 2 saturated heterocycles. The van der Waals surface area contributed by atoms with E-state index in [1.54, 1.807) is 0 Å². The smallest absolute Gasteiger partial charge is 0.222 e. The third kappa shape index (κ3) is 3.18. The Labute approximate surface area is 91.0 Å². The number of amides is 1. The van der Waals surface area contributed by atoms with Crippen molar-refractivity contribution in [3.05, 3.63) is 0 Å². The van der Waals surface area contributed by atoms with Crippen molar-refractivity contribution < 1.29 is 9.53 Å². The largest absolute Gasteiger partial charge is 0.378 e. The maximum atomic E-state index is 11.8. The molecule has 0 aliphatic carbocycles. The van der Waals surface area contributed by atoms with Gasteiger partial charge < -0.3 is 15.0 Å². The summed E-state index contributed by atoms with van der Waals surface area (Å²) in [5.74, 6) is 1.03. The highest BCUT2D eigenvalue weighted by atomic mass is 16.5. The van der Waals surface area contributed by atoms with Gasteiger partial charge in [-0.15, -0.1) is 0 Å². The van der Waals surface area contributed by atoms with Gasteiger partial charge in [-0.25, -0.2) is 0 Å². The van der Waals surface area contributed by atoms with Gasteiger partial charge in [0, 0.05) is 19.5 Å². The van der Waals surface area contributed by atoms with Crippen LogP contribution in [-0.2, 0) is 9.53 Å². The van der Waals surface area contributed by atoms with Gasteiger partial charge in [0.25, 0.3) is 0 Å². The number of ether oxygens (including phenoxy) is 1. The molecule has 4 nitrogen and oxygen atoms in total. The molecule has 0 radical (unpaired) electrons. The number of carbonyl (C=O) groups is 1. The molecule has 0 bridgehead atoms. The summed E-state index contributed by atoms with van der Waals surface area (Å²) < 4.78 is 5.22. The number of morpholine rings is 1. The number of nitrogens with one attached hydrogen (secondary N) is 1. The van der Waals surface area contributed by atoms with E-state index in [9.17, 15) is 4.79 Å². The Kier molecular flexibility index (Phi) is 3.97. The predicted octanol–water partition coefficient (Wildman–Crippen LogP) is 0.235. The van der Waals surface area contributed by atoms with Gasteiger partial charge in [0.1, 0.15) is 0 Å². The van der Waals surface area contributed by atoms with Crippen LogP contribution in [0.2, 0.25) is 0 Å². The number of hydrogen-bond donors (Lipinski definition) is 1. The van der Waals surface area contributed by atoms with Crippen molar-refractivity contribution in [1.82, 2.24) is 10.2 Å². The molecule has 2 rings (SSSR count). The zero-order valence-corrected chi connectivity index (χ0v) is 9.21. The lowest BCUT2D eigenvalue weighted by Crippen LogP contribution is -2.40. The number of hydrogen-bond acceptors (Lipinski definition) is 3. The van der Waals surface area contributed by atoms with Crippen LogP contribution in [0.5, 0.6) is 0 Å². The van der Waals surface area contributed by atoms with Gasteiger partial charge in [-0.2, -0.15) is 0 Å². The lowest BCUT2D eigenvalue weighted by molar-refractivity contribution is -0.135. The van der Waals surface area contributed by atoms with Crippen molar-refractivity contribution >= 4 is 5.91 Å². The third-order valence-electron chi connectivity index (χ3n) is 3.29. The Morgan fingerprint density at radius 1 is 1.40 bits per heavy atom. The highest BCUT2D eigenvalue weighted by molar-refractivity contribution is 5.76. The summed E-state index contributed by atoms with van der Waals surface area (Å²) in [6, 6.07) is 0. The van der Waals surface area contributed by atoms with E-state index in [0.717, 1.165) is 38.5 Å². The molecule has 2 aliphatic heterocycles. The van der Waals surface area contributed by atoms with Crippen LogP contribution in [-0.4, -0.2) is 50.2 Å². The monoisotopic (exact) mass is 212 g/mol. The second-order valence-corrected chi connectivity index (χ2v) is 4.39. The van der Waals surface area contributed by atoms with E-state index in [0.29, 0.717) is 25.5 Å². The minimum absolute atomic E-state index is 0.310. The van der Waals surface area contributed by atoms with E-state index in [1.165, 1.54) is 6.42 Å². The summed E-state index contributed by atoms with van der Waals surface area (Å²) in [6.45, 7) is 5.18. The number of carbonyl (C=O) groups excluding carboxylic acids is 1. The first-order valence-electron chi connectivity index (χ1n) is 5.92. The summed E-state index contributed by atoms with van der Waals surface area (Å²) in [6.07, 6.45) is 2.99. The molecule has 1 unspecified atom stereocenters. The van der Waals surface area contributed by atoms with Crippen molar-refractivity contribution in [2.75, 3.05) is 39.4 Å². The molecular formula is C11H20N2O2. The summed E-state index contributed by atoms with van der Waals surface area (Å²) in [5, 5.41) is 3.33. The van der Waals surface area contributed by atoms with Crippen molar-refractivity contribution in [1.29, 1.82) is 0 Å². The minimum atomic E-state index is 0.310. The fraction of sp³-hybridized carbons (Fsp3) is 0.909. The van der Waals surface area contributed by atoms with Gasteiger partial charge in [0.2, 0.25) is 5.91 Å². The van der Waals surface area contributed by atoms with Crippen LogP contribution in [0.15, 0.2) is 0 Å². The zero-order chi connectivity index (χ0) is 10.5. The van der Waals surface area contributed by atoms with Crippen LogP contribution in [0.25, 0.3) is 0 Å². The Balaban J connectivity index is 1.66. The number of rotatable bonds is 3. The van der Waals surface area contributed by atoms with Crippen LogP contribution in [0, 0.1) is 5.92 Å². The first-order valence-corrected chi connectivity index (χ1v) is 5.92. The molecule has 0 saturated carbocycles. The topological polar surface area (TPSA) is 41.6 Å². The average molecular weight is 212 g/mol. The molecule has 4 heteroatoms. The van der Waals surface area contributed by atoms with Gasteiger partial charge >= 0.3 is 0 Å². The standard InChI is InChI=1S/C11H20N2O2/c14-11(13-5-7-15-8-6-13)2-1-10-3-4-12-9-10/h10,12H,1-9H2. The van der Waals surface area contributed by atoms with Gasteiger partial charge in [-0.3, -0.25) is 4.79 Å². The van der Waals surface area contributed by atoms with Gasteiger partial charge in [-0.05, 0) is 31.8 Å². The Hall–Kier alpha value is -0.610. The fourth-order valence-electron chi connectivity index (χ4n) is 2.26. The fourth-order valence-corrected chi connectivity index (χ4v) is 2.26. The van der Waals surface area contributed by atoms with Gasteiger partial charge in [0.15, 0.2) is 0 Å². The quantitative estimate of drug-likeness (QED) is 0.728. The molecule has 0 aromatic carbocycles. The van der Waals surface area contributed by atoms with Crippen LogP contribution in [0.3, 0.4) is 0 Å². The highest BCUT2D eigenvalue weighted by Crippen LogP contribution is 2.15. The Morgan fingerprint density at radius 2 is 2.20 bits per heavy atom. The van der Waals surface area contributed by atoms with Crippen LogP contribution >= 0.6 is 0 Å². The molecule has 2 heterocycles. The molecule has 2 aliphatic rings. The van der Waals surface area contributed by atoms with E-state index < -0.39 is 0 Å². The Bertz CT molecular complexity index is 209. The first kappa shape index (κ1) is 10.9. The summed E-state index contributed by atoms with van der Waals surface area (Å²) in [5.41, 5.74) is 0. The van der Waals surface area contributed by atoms with E-state index in [4.69, 9.17) is 4.74 Å². The maximum Gasteiger partial charge on any atom is 0.222 e. The SMILES string of the molecule is O=C(CCC1CCNC1)N1CCOCC1. The zero-order valence-electron chi connectivity index (χ0n) is 9.21. The van der Waals surface area contributed by atoms with E-state index >= 15 is 0 Å². The second-order valence-electron chi connectivity index (χ2n) is 4.39. The Morgan fingerprint density at radius 3 is 2.87 bits per heavy atom. The normalized spacial score (nSPS) is 26.9. The van der Waals surface area contributed by atoms with Crippen molar-refractivity contribution in [2.24, 2.45) is 5.92 Å². The van der Waals surface area contributed by atoms with E-state index in [2.05, 4.69) is 5.32 Å². The molecule has 2 fully saturated rings. The van der Waals surface area contributed by atoms with Gasteiger partial charge in [-0.1, -0.05) is 0 Å². The van der Waals surface area contributed by atoms with Crippen LogP contribution < -0.4 is 5.32 Å². The minimum Gasteiger partial charge on any atom is -0.378 e. The molecule has 0 aromatic heterocycles. The van der Waals surface area contributed by atoms with E-state index in [1.807, 2.05) is 4.90 Å². The van der Waals surface area contributed by atoms with Crippen molar-refractivity contribution in [3.8, 4) is 0 Å². The van der Waals surface area contributed by atoms with Crippen LogP contribution in [0.4, 0.5) is 0 Å². The highest BCUT2D eigenvalue weighted by Gasteiger charge is 2.20. The third-order valence-corrected chi connectivity index (χ3v) is 3.29. The summed E-state index contributed by atoms with van der Waals surface area (Å²) in [4.78, 5) is 13.7. The molecular weight excluding hydrogens is 192 g/mol. The average Bonchev–Trinajstić information content (AvgIpc) is 2.80. The predicted molar refractivity (Wildman–Crippen MR) is 57.6 cm³/mol. The maximum absolute atomic E-state index is 11.8. The number of nitrogens with zero attached hydrogens (tertiary/aromatic N) is 1. The van der Waals surface area contributed by atoms with Crippen molar-refractivity contribution in [3.63, 3.8) is 0 Å². The molecule has 0 spiro atoms. The molecule has 1 atom stereocenters. The lowest BCUT2D eigenvalue weighted by atomic mass is 10.0. The molecule has 1 N–H and O–H groups in total. The van der Waals surface area contributed by atoms with Crippen LogP contribution in [0.1, 0.15) is 19.3 Å². The van der Waals surface area contributed by atoms with Crippen molar-refractivity contribution in [2.45, 2.75) is 19.3 Å². The molecule has 86 valence electrons. The molecule has 0 aromatic rings. The molecule has 15 heavy (non-hydrogen) atoms. The summed E-state index contributed by atoms with van der Waals surface area (Å²) >= 11 is 0. The lowest BCUT2D eigenvalue weighted by Gasteiger charge is -2.27. The molecule has 1 amide bonds. The van der Waals surface area contributed by atoms with Gasteiger partial charge in [0.05, 0.1) is 13.2 Å². The first-order chi connectivity index (χ1) is 7.36. The summed E-state index contributed by atoms with van der Waals surface area (Å²) in [7, 11) is 0. The van der Waals surface area contributed by atoms with E-state index in [-0.39, 0.29) is 0 Å². The second kappa shape index (κ2) is 5.47.